The molecule has 36 heavy (non-hydrogen) atoms. The van der Waals surface area contributed by atoms with Crippen LogP contribution in [0.15, 0.2) is 75.9 Å². The molecule has 186 valence electrons. The summed E-state index contributed by atoms with van der Waals surface area (Å²) in [6, 6.07) is 16.3. The number of amides is 2. The van der Waals surface area contributed by atoms with Crippen LogP contribution >= 0.6 is 22.9 Å². The maximum Gasteiger partial charge on any atom is 0.273 e. The molecule has 8 nitrogen and oxygen atoms in total. The number of pyridine rings is 1. The number of nitrogens with zero attached hydrogens (tertiary/aromatic N) is 1. The van der Waals surface area contributed by atoms with Crippen LogP contribution in [-0.4, -0.2) is 31.3 Å². The number of sulfonamides is 1. The first kappa shape index (κ1) is 25.6. The summed E-state index contributed by atoms with van der Waals surface area (Å²) in [4.78, 5) is 37.1. The molecular formula is C25H22ClN3O5S2. The van der Waals surface area contributed by atoms with Crippen LogP contribution in [0.1, 0.15) is 22.8 Å². The van der Waals surface area contributed by atoms with Crippen molar-refractivity contribution in [2.24, 2.45) is 5.92 Å². The lowest BCUT2D eigenvalue weighted by Crippen LogP contribution is -2.40. The molecule has 2 N–H and O–H groups in total. The van der Waals surface area contributed by atoms with E-state index < -0.39 is 27.8 Å². The number of carbonyl (C=O) groups excluding carboxylic acids is 2. The lowest BCUT2D eigenvalue weighted by Gasteiger charge is -2.13. The van der Waals surface area contributed by atoms with Crippen molar-refractivity contribution >= 4 is 54.9 Å². The molecule has 0 radical (unpaired) electrons. The molecule has 0 aliphatic rings. The number of benzene rings is 2. The van der Waals surface area contributed by atoms with Gasteiger partial charge in [-0.2, -0.15) is 0 Å². The Labute approximate surface area is 216 Å². The summed E-state index contributed by atoms with van der Waals surface area (Å²) in [5.74, 6) is -1.97. The van der Waals surface area contributed by atoms with Gasteiger partial charge < -0.3 is 5.32 Å². The number of carbonyl (C=O) groups is 2. The van der Waals surface area contributed by atoms with E-state index in [1.165, 1.54) is 17.6 Å². The van der Waals surface area contributed by atoms with Gasteiger partial charge in [-0.25, -0.2) is 13.1 Å². The summed E-state index contributed by atoms with van der Waals surface area (Å²) >= 11 is 7.04. The molecule has 0 saturated heterocycles. The summed E-state index contributed by atoms with van der Waals surface area (Å²) in [6.07, 6.45) is 1.63. The van der Waals surface area contributed by atoms with Crippen LogP contribution in [0.2, 0.25) is 5.02 Å². The number of aryl methyl sites for hydroxylation is 1. The Hall–Kier alpha value is -3.47. The van der Waals surface area contributed by atoms with E-state index in [-0.39, 0.29) is 16.3 Å². The smallest absolute Gasteiger partial charge is 0.273 e. The Bertz CT molecular complexity index is 1630. The van der Waals surface area contributed by atoms with Gasteiger partial charge in [-0.3, -0.25) is 19.0 Å². The van der Waals surface area contributed by atoms with E-state index in [1.54, 1.807) is 67.7 Å². The number of nitrogens with one attached hydrogen (secondary N) is 2. The van der Waals surface area contributed by atoms with Crippen molar-refractivity contribution in [3.8, 4) is 5.69 Å². The van der Waals surface area contributed by atoms with Gasteiger partial charge in [0.15, 0.2) is 0 Å². The van der Waals surface area contributed by atoms with Crippen molar-refractivity contribution in [2.75, 3.05) is 6.54 Å². The van der Waals surface area contributed by atoms with E-state index >= 15 is 0 Å². The number of aromatic nitrogens is 1. The van der Waals surface area contributed by atoms with Crippen LogP contribution in [0, 0.1) is 12.8 Å². The van der Waals surface area contributed by atoms with Crippen molar-refractivity contribution in [1.29, 1.82) is 0 Å². The molecule has 0 aliphatic heterocycles. The first-order valence-corrected chi connectivity index (χ1v) is 13.6. The maximum absolute atomic E-state index is 12.9. The Morgan fingerprint density at radius 2 is 1.81 bits per heavy atom. The number of thiophene rings is 1. The largest absolute Gasteiger partial charge is 0.351 e. The van der Waals surface area contributed by atoms with E-state index in [0.29, 0.717) is 26.5 Å². The summed E-state index contributed by atoms with van der Waals surface area (Å²) in [7, 11) is -4.10. The standard InChI is InChI=1S/C25H22ClN3O5S2/c1-15(14-27-24(32)17-6-9-19(10-7-17)29-12-4-3-5-22(29)30)23(31)28-36(33,34)25-16(2)20-11-8-18(26)13-21(20)35-25/h3-13,15H,14H2,1-2H3,(H,27,32)(H,28,31). The molecule has 0 saturated carbocycles. The first-order chi connectivity index (χ1) is 17.1. The molecule has 2 aromatic carbocycles. The quantitative estimate of drug-likeness (QED) is 0.367. The maximum atomic E-state index is 12.9. The topological polar surface area (TPSA) is 114 Å². The van der Waals surface area contributed by atoms with E-state index in [4.69, 9.17) is 11.6 Å². The molecule has 1 unspecified atom stereocenters. The molecule has 1 atom stereocenters. The van der Waals surface area contributed by atoms with Gasteiger partial charge in [0.1, 0.15) is 4.21 Å². The molecule has 4 rings (SSSR count). The van der Waals surface area contributed by atoms with Crippen molar-refractivity contribution in [2.45, 2.75) is 18.1 Å². The van der Waals surface area contributed by atoms with Crippen LogP contribution in [-0.2, 0) is 14.8 Å². The summed E-state index contributed by atoms with van der Waals surface area (Å²) < 4.78 is 30.1. The third kappa shape index (κ3) is 5.35. The molecule has 11 heteroatoms. The molecular weight excluding hydrogens is 522 g/mol. The number of hydrogen-bond donors (Lipinski definition) is 2. The van der Waals surface area contributed by atoms with Gasteiger partial charge in [-0.1, -0.05) is 30.7 Å². The fourth-order valence-electron chi connectivity index (χ4n) is 3.57. The Kier molecular flexibility index (Phi) is 7.30. The van der Waals surface area contributed by atoms with Gasteiger partial charge in [0.25, 0.3) is 21.5 Å². The van der Waals surface area contributed by atoms with E-state index in [9.17, 15) is 22.8 Å². The second-order valence-corrected chi connectivity index (χ2v) is 11.6. The summed E-state index contributed by atoms with van der Waals surface area (Å²) in [6.45, 7) is 3.13. The number of halogens is 1. The SMILES string of the molecule is Cc1c(S(=O)(=O)NC(=O)C(C)CNC(=O)c2ccc(-n3ccccc3=O)cc2)sc2cc(Cl)ccc12. The predicted molar refractivity (Wildman–Crippen MR) is 140 cm³/mol. The zero-order chi connectivity index (χ0) is 26.0. The molecule has 2 heterocycles. The number of rotatable bonds is 7. The highest BCUT2D eigenvalue weighted by atomic mass is 35.5. The van der Waals surface area contributed by atoms with E-state index in [1.807, 2.05) is 0 Å². The molecule has 2 amide bonds. The highest BCUT2D eigenvalue weighted by Gasteiger charge is 2.26. The predicted octanol–water partition coefficient (Wildman–Crippen LogP) is 3.89. The fourth-order valence-corrected chi connectivity index (χ4v) is 6.69. The van der Waals surface area contributed by atoms with Crippen LogP contribution in [0.4, 0.5) is 0 Å². The van der Waals surface area contributed by atoms with Crippen LogP contribution in [0.3, 0.4) is 0 Å². The van der Waals surface area contributed by atoms with Crippen molar-refractivity contribution in [1.82, 2.24) is 14.6 Å². The Balaban J connectivity index is 1.39. The average molecular weight is 544 g/mol. The molecule has 0 aliphatic carbocycles. The number of hydrogen-bond acceptors (Lipinski definition) is 6. The number of fused-ring (bicyclic) bond motifs is 1. The van der Waals surface area contributed by atoms with Crippen molar-refractivity contribution < 1.29 is 18.0 Å². The average Bonchev–Trinajstić information content (AvgIpc) is 3.18. The third-order valence-corrected chi connectivity index (χ3v) is 9.04. The normalized spacial score (nSPS) is 12.3. The van der Waals surface area contributed by atoms with Crippen LogP contribution in [0.25, 0.3) is 15.8 Å². The van der Waals surface area contributed by atoms with Gasteiger partial charge in [0.05, 0.1) is 5.92 Å². The van der Waals surface area contributed by atoms with Gasteiger partial charge >= 0.3 is 0 Å². The Morgan fingerprint density at radius 3 is 2.50 bits per heavy atom. The summed E-state index contributed by atoms with van der Waals surface area (Å²) in [5.41, 5.74) is 1.28. The molecule has 2 aromatic heterocycles. The second kappa shape index (κ2) is 10.3. The molecule has 0 bridgehead atoms. The van der Waals surface area contributed by atoms with E-state index in [0.717, 1.165) is 16.7 Å². The highest BCUT2D eigenvalue weighted by Crippen LogP contribution is 2.35. The van der Waals surface area contributed by atoms with Gasteiger partial charge in [0.2, 0.25) is 5.91 Å². The molecule has 0 fully saturated rings. The van der Waals surface area contributed by atoms with Gasteiger partial charge in [0, 0.05) is 39.8 Å². The van der Waals surface area contributed by atoms with Crippen molar-refractivity contribution in [3.05, 3.63) is 93.4 Å². The van der Waals surface area contributed by atoms with E-state index in [2.05, 4.69) is 10.0 Å². The molecule has 0 spiro atoms. The second-order valence-electron chi connectivity index (χ2n) is 8.19. The third-order valence-electron chi connectivity index (χ3n) is 5.58. The lowest BCUT2D eigenvalue weighted by atomic mass is 10.1. The van der Waals surface area contributed by atoms with Gasteiger partial charge in [-0.15, -0.1) is 11.3 Å². The minimum atomic E-state index is -4.10. The minimum absolute atomic E-state index is 0.0435. The monoisotopic (exact) mass is 543 g/mol. The lowest BCUT2D eigenvalue weighted by molar-refractivity contribution is -0.122. The van der Waals surface area contributed by atoms with Crippen LogP contribution in [0.5, 0.6) is 0 Å². The summed E-state index contributed by atoms with van der Waals surface area (Å²) in [5, 5.41) is 3.88. The Morgan fingerprint density at radius 1 is 1.08 bits per heavy atom. The van der Waals surface area contributed by atoms with Crippen LogP contribution < -0.4 is 15.6 Å². The molecule has 4 aromatic rings. The highest BCUT2D eigenvalue weighted by molar-refractivity contribution is 7.92. The zero-order valence-electron chi connectivity index (χ0n) is 19.3. The van der Waals surface area contributed by atoms with Gasteiger partial charge in [-0.05, 0) is 60.3 Å². The van der Waals surface area contributed by atoms with Crippen molar-refractivity contribution in [3.63, 3.8) is 0 Å². The minimum Gasteiger partial charge on any atom is -0.351 e. The zero-order valence-corrected chi connectivity index (χ0v) is 21.7. The fraction of sp³-hybridized carbons (Fsp3) is 0.160. The first-order valence-electron chi connectivity index (χ1n) is 10.9.